The van der Waals surface area contributed by atoms with Gasteiger partial charge in [-0.1, -0.05) is 37.0 Å². The maximum atomic E-state index is 6.51. The molecular weight excluding hydrogens is 349 g/mol. The lowest BCUT2D eigenvalue weighted by atomic mass is 10.0. The van der Waals surface area contributed by atoms with Gasteiger partial charge >= 0.3 is 0 Å². The summed E-state index contributed by atoms with van der Waals surface area (Å²) in [7, 11) is 0. The minimum atomic E-state index is 0.218. The first kappa shape index (κ1) is 13.2. The summed E-state index contributed by atoms with van der Waals surface area (Å²) in [5.41, 5.74) is 2.52. The van der Waals surface area contributed by atoms with Gasteiger partial charge in [0, 0.05) is 16.3 Å². The van der Waals surface area contributed by atoms with Gasteiger partial charge in [-0.2, -0.15) is 5.10 Å². The molecule has 3 aromatic rings. The van der Waals surface area contributed by atoms with E-state index in [9.17, 15) is 0 Å². The molecule has 98 valence electrons. The van der Waals surface area contributed by atoms with Gasteiger partial charge in [0.1, 0.15) is 5.15 Å². The van der Waals surface area contributed by atoms with Crippen molar-refractivity contribution in [2.24, 2.45) is 0 Å². The Balaban J connectivity index is 2.52. The number of aromatic nitrogens is 3. The Morgan fingerprint density at radius 3 is 2.74 bits per heavy atom. The van der Waals surface area contributed by atoms with Crippen LogP contribution in [0.1, 0.15) is 25.3 Å². The van der Waals surface area contributed by atoms with Gasteiger partial charge in [-0.05, 0) is 27.9 Å². The SMILES string of the molecule is CC(C)c1c(Cl)nc2c(Br)c3[nH]ncc3cc2c1Cl. The van der Waals surface area contributed by atoms with Crippen molar-refractivity contribution >= 4 is 60.9 Å². The number of benzene rings is 1. The molecule has 0 fully saturated rings. The summed E-state index contributed by atoms with van der Waals surface area (Å²) >= 11 is 16.3. The number of hydrogen-bond acceptors (Lipinski definition) is 2. The molecule has 0 amide bonds. The van der Waals surface area contributed by atoms with Gasteiger partial charge in [0.25, 0.3) is 0 Å². The quantitative estimate of drug-likeness (QED) is 0.599. The molecule has 3 nitrogen and oxygen atoms in total. The minimum absolute atomic E-state index is 0.218. The molecule has 19 heavy (non-hydrogen) atoms. The highest BCUT2D eigenvalue weighted by Gasteiger charge is 2.18. The molecule has 3 rings (SSSR count). The van der Waals surface area contributed by atoms with Crippen LogP contribution >= 0.6 is 39.1 Å². The van der Waals surface area contributed by atoms with E-state index in [4.69, 9.17) is 23.2 Å². The summed E-state index contributed by atoms with van der Waals surface area (Å²) < 4.78 is 0.830. The summed E-state index contributed by atoms with van der Waals surface area (Å²) in [6.07, 6.45) is 1.76. The molecular formula is C13H10BrCl2N3. The maximum absolute atomic E-state index is 6.51. The highest BCUT2D eigenvalue weighted by molar-refractivity contribution is 9.10. The summed E-state index contributed by atoms with van der Waals surface area (Å²) in [6, 6.07) is 1.98. The predicted molar refractivity (Wildman–Crippen MR) is 83.2 cm³/mol. The number of nitrogens with one attached hydrogen (secondary N) is 1. The highest BCUT2D eigenvalue weighted by Crippen LogP contribution is 2.40. The van der Waals surface area contributed by atoms with Gasteiger partial charge in [0.05, 0.1) is 26.7 Å². The van der Waals surface area contributed by atoms with E-state index in [0.717, 1.165) is 31.8 Å². The van der Waals surface area contributed by atoms with Gasteiger partial charge in [-0.15, -0.1) is 0 Å². The number of H-pyrrole nitrogens is 1. The number of aromatic amines is 1. The van der Waals surface area contributed by atoms with E-state index in [-0.39, 0.29) is 5.92 Å². The molecule has 0 saturated carbocycles. The van der Waals surface area contributed by atoms with Crippen LogP contribution in [0.15, 0.2) is 16.7 Å². The Kier molecular flexibility index (Phi) is 3.20. The molecule has 0 aliphatic carbocycles. The Morgan fingerprint density at radius 2 is 2.05 bits per heavy atom. The zero-order valence-electron chi connectivity index (χ0n) is 10.3. The molecule has 0 bridgehead atoms. The fourth-order valence-electron chi connectivity index (χ4n) is 2.20. The minimum Gasteiger partial charge on any atom is -0.277 e. The Morgan fingerprint density at radius 1 is 1.32 bits per heavy atom. The molecule has 1 aromatic carbocycles. The second kappa shape index (κ2) is 4.62. The zero-order valence-corrected chi connectivity index (χ0v) is 13.4. The lowest BCUT2D eigenvalue weighted by molar-refractivity contribution is 0.862. The third-order valence-corrected chi connectivity index (χ3v) is 4.60. The number of halogens is 3. The van der Waals surface area contributed by atoms with E-state index in [0.29, 0.717) is 10.2 Å². The van der Waals surface area contributed by atoms with Crippen LogP contribution in [0.4, 0.5) is 0 Å². The largest absolute Gasteiger partial charge is 0.277 e. The fraction of sp³-hybridized carbons (Fsp3) is 0.231. The molecule has 0 atom stereocenters. The van der Waals surface area contributed by atoms with Crippen molar-refractivity contribution in [2.75, 3.05) is 0 Å². The van der Waals surface area contributed by atoms with Crippen LogP contribution in [0, 0.1) is 0 Å². The van der Waals surface area contributed by atoms with Crippen LogP contribution in [0.2, 0.25) is 10.2 Å². The number of fused-ring (bicyclic) bond motifs is 2. The zero-order chi connectivity index (χ0) is 13.7. The molecule has 0 radical (unpaired) electrons. The molecule has 2 heterocycles. The third kappa shape index (κ3) is 1.93. The van der Waals surface area contributed by atoms with E-state index in [1.165, 1.54) is 0 Å². The van der Waals surface area contributed by atoms with Crippen LogP contribution < -0.4 is 0 Å². The highest BCUT2D eigenvalue weighted by atomic mass is 79.9. The summed E-state index contributed by atoms with van der Waals surface area (Å²) in [4.78, 5) is 4.47. The lowest BCUT2D eigenvalue weighted by Gasteiger charge is -2.13. The molecule has 2 aromatic heterocycles. The third-order valence-electron chi connectivity index (χ3n) is 3.13. The Hall–Kier alpha value is -0.840. The monoisotopic (exact) mass is 357 g/mol. The average Bonchev–Trinajstić information content (AvgIpc) is 2.79. The molecule has 0 aliphatic heterocycles. The molecule has 1 N–H and O–H groups in total. The van der Waals surface area contributed by atoms with Gasteiger partial charge in [0.15, 0.2) is 0 Å². The van der Waals surface area contributed by atoms with Crippen LogP contribution in [0.5, 0.6) is 0 Å². The Labute approximate surface area is 128 Å². The van der Waals surface area contributed by atoms with Crippen molar-refractivity contribution < 1.29 is 0 Å². The van der Waals surface area contributed by atoms with Crippen molar-refractivity contribution in [3.05, 3.63) is 32.5 Å². The summed E-state index contributed by atoms with van der Waals surface area (Å²) in [5, 5.41) is 9.95. The first-order valence-corrected chi connectivity index (χ1v) is 7.35. The Bertz CT molecular complexity index is 796. The number of hydrogen-bond donors (Lipinski definition) is 1. The van der Waals surface area contributed by atoms with E-state index < -0.39 is 0 Å². The molecule has 0 aliphatic rings. The van der Waals surface area contributed by atoms with E-state index in [2.05, 4.69) is 31.1 Å². The number of pyridine rings is 1. The van der Waals surface area contributed by atoms with E-state index >= 15 is 0 Å². The lowest BCUT2D eigenvalue weighted by Crippen LogP contribution is -1.96. The van der Waals surface area contributed by atoms with Crippen LogP contribution in [0.25, 0.3) is 21.8 Å². The van der Waals surface area contributed by atoms with Gasteiger partial charge in [0.2, 0.25) is 0 Å². The molecule has 0 saturated heterocycles. The topological polar surface area (TPSA) is 41.6 Å². The average molecular weight is 359 g/mol. The predicted octanol–water partition coefficient (Wildman–Crippen LogP) is 5.30. The first-order chi connectivity index (χ1) is 9.00. The first-order valence-electron chi connectivity index (χ1n) is 5.81. The summed E-state index contributed by atoms with van der Waals surface area (Å²) in [5.74, 6) is 0.218. The van der Waals surface area contributed by atoms with Gasteiger partial charge < -0.3 is 0 Å². The fourth-order valence-corrected chi connectivity index (χ4v) is 3.72. The van der Waals surface area contributed by atoms with Crippen LogP contribution in [-0.4, -0.2) is 15.2 Å². The smallest absolute Gasteiger partial charge is 0.134 e. The normalized spacial score (nSPS) is 11.9. The van der Waals surface area contributed by atoms with Gasteiger partial charge in [-0.25, -0.2) is 4.98 Å². The van der Waals surface area contributed by atoms with Crippen molar-refractivity contribution in [2.45, 2.75) is 19.8 Å². The van der Waals surface area contributed by atoms with Gasteiger partial charge in [-0.3, -0.25) is 5.10 Å². The molecule has 6 heteroatoms. The molecule has 0 spiro atoms. The second-order valence-electron chi connectivity index (χ2n) is 4.71. The van der Waals surface area contributed by atoms with Crippen molar-refractivity contribution in [1.82, 2.24) is 15.2 Å². The molecule has 0 unspecified atom stereocenters. The number of nitrogens with zero attached hydrogens (tertiary/aromatic N) is 2. The van der Waals surface area contributed by atoms with Crippen LogP contribution in [-0.2, 0) is 0 Å². The van der Waals surface area contributed by atoms with E-state index in [1.807, 2.05) is 19.9 Å². The van der Waals surface area contributed by atoms with Crippen molar-refractivity contribution in [1.29, 1.82) is 0 Å². The second-order valence-corrected chi connectivity index (χ2v) is 6.23. The maximum Gasteiger partial charge on any atom is 0.134 e. The van der Waals surface area contributed by atoms with Crippen molar-refractivity contribution in [3.63, 3.8) is 0 Å². The number of rotatable bonds is 1. The standard InChI is InChI=1S/C13H10BrCl2N3/c1-5(2)8-10(15)7-3-6-4-17-19-11(6)9(14)12(7)18-13(8)16/h3-5H,1-2H3,(H,17,19). The summed E-state index contributed by atoms with van der Waals surface area (Å²) in [6.45, 7) is 4.10. The van der Waals surface area contributed by atoms with E-state index in [1.54, 1.807) is 6.20 Å². The van der Waals surface area contributed by atoms with Crippen molar-refractivity contribution in [3.8, 4) is 0 Å². The van der Waals surface area contributed by atoms with Crippen LogP contribution in [0.3, 0.4) is 0 Å².